The molecular weight excluding hydrogens is 602 g/mol. The molecule has 0 aliphatic heterocycles. The number of methoxy groups -OCH3 is 1. The first-order chi connectivity index (χ1) is 23.4. The second-order valence-electron chi connectivity index (χ2n) is 12.0. The number of aromatic hydroxyl groups is 1. The number of benzene rings is 1. The molecule has 248 valence electrons. The van der Waals surface area contributed by atoms with E-state index in [-0.39, 0.29) is 11.7 Å². The summed E-state index contributed by atoms with van der Waals surface area (Å²) in [5.41, 5.74) is 6.10. The van der Waals surface area contributed by atoms with Crippen molar-refractivity contribution in [1.29, 1.82) is 0 Å². The quantitative estimate of drug-likeness (QED) is 0.147. The van der Waals surface area contributed by atoms with Gasteiger partial charge < -0.3 is 9.84 Å². The molecule has 0 saturated heterocycles. The van der Waals surface area contributed by atoms with Crippen LogP contribution in [-0.4, -0.2) is 73.0 Å². The molecule has 0 amide bonds. The van der Waals surface area contributed by atoms with Crippen LogP contribution in [0.2, 0.25) is 0 Å². The number of aromatic nitrogens is 4. The van der Waals surface area contributed by atoms with Crippen molar-refractivity contribution in [2.24, 2.45) is 0 Å². The number of hydrogen-bond acceptors (Lipinski definition) is 10. The zero-order valence-electron chi connectivity index (χ0n) is 27.8. The molecule has 10 heteroatoms. The molecule has 0 fully saturated rings. The summed E-state index contributed by atoms with van der Waals surface area (Å²) < 4.78 is 5.15. The third-order valence-electron chi connectivity index (χ3n) is 8.09. The van der Waals surface area contributed by atoms with Crippen molar-refractivity contribution in [3.8, 4) is 5.75 Å². The van der Waals surface area contributed by atoms with Gasteiger partial charge in [-0.1, -0.05) is 36.4 Å². The summed E-state index contributed by atoms with van der Waals surface area (Å²) >= 11 is 0. The van der Waals surface area contributed by atoms with E-state index in [4.69, 9.17) is 4.74 Å². The number of nitrogens with zero attached hydrogens (tertiary/aromatic N) is 7. The lowest BCUT2D eigenvalue weighted by atomic mass is 9.97. The van der Waals surface area contributed by atoms with Crippen LogP contribution in [0.4, 0.5) is 0 Å². The Morgan fingerprint density at radius 2 is 1.02 bits per heavy atom. The smallest absolute Gasteiger partial charge is 0.323 e. The predicted molar refractivity (Wildman–Crippen MR) is 184 cm³/mol. The zero-order valence-corrected chi connectivity index (χ0v) is 27.8. The number of carbonyl (C=O) groups is 1. The second-order valence-corrected chi connectivity index (χ2v) is 12.0. The maximum atomic E-state index is 12.8. The van der Waals surface area contributed by atoms with Crippen molar-refractivity contribution in [1.82, 2.24) is 34.6 Å². The third-order valence-corrected chi connectivity index (χ3v) is 8.09. The number of hydrogen-bond donors (Lipinski definition) is 1. The first kappa shape index (κ1) is 34.3. The van der Waals surface area contributed by atoms with E-state index in [0.29, 0.717) is 45.7 Å². The number of rotatable bonds is 16. The van der Waals surface area contributed by atoms with Gasteiger partial charge in [0.05, 0.1) is 29.9 Å². The zero-order chi connectivity index (χ0) is 33.7. The molecule has 0 radical (unpaired) electrons. The predicted octanol–water partition coefficient (Wildman–Crippen LogP) is 5.02. The fraction of sp³-hybridized carbons (Fsp3) is 0.289. The summed E-state index contributed by atoms with van der Waals surface area (Å²) in [6, 6.07) is 27.0. The SMILES string of the molecule is COC(=O)[C@H](Cc1cc(CN(Cc2ccccn2)Cc2ccccn2)c(O)c(CN(Cc2ccccn2)Cc2ccccn2)c1)N(C)C. The lowest BCUT2D eigenvalue weighted by Crippen LogP contribution is -2.38. The molecule has 0 spiro atoms. The number of esters is 1. The van der Waals surface area contributed by atoms with Gasteiger partial charge in [0.25, 0.3) is 0 Å². The van der Waals surface area contributed by atoms with E-state index in [9.17, 15) is 9.90 Å². The Balaban J connectivity index is 1.52. The molecule has 0 aliphatic rings. The summed E-state index contributed by atoms with van der Waals surface area (Å²) in [5, 5.41) is 12.0. The highest BCUT2D eigenvalue weighted by Gasteiger charge is 2.24. The molecule has 5 aromatic rings. The maximum Gasteiger partial charge on any atom is 0.323 e. The Labute approximate surface area is 282 Å². The molecule has 1 N–H and O–H groups in total. The van der Waals surface area contributed by atoms with E-state index in [1.807, 2.05) is 104 Å². The molecule has 48 heavy (non-hydrogen) atoms. The Morgan fingerprint density at radius 3 is 1.31 bits per heavy atom. The van der Waals surface area contributed by atoms with E-state index in [1.165, 1.54) is 7.11 Å². The Hall–Kier alpha value is -5.03. The van der Waals surface area contributed by atoms with E-state index >= 15 is 0 Å². The lowest BCUT2D eigenvalue weighted by molar-refractivity contribution is -0.145. The minimum atomic E-state index is -0.489. The van der Waals surface area contributed by atoms with Crippen LogP contribution in [0.5, 0.6) is 5.75 Å². The number of pyridine rings is 4. The highest BCUT2D eigenvalue weighted by molar-refractivity contribution is 5.76. The number of ether oxygens (including phenoxy) is 1. The van der Waals surface area contributed by atoms with Gasteiger partial charge >= 0.3 is 5.97 Å². The standard InChI is InChI=1S/C38H43N7O3/c1-43(2)36(38(47)48-3)22-29-20-30(23-44(25-32-12-4-8-16-39-32)26-33-13-5-9-17-40-33)37(46)31(21-29)24-45(27-34-14-6-10-18-41-34)28-35-15-7-11-19-42-35/h4-21,36,46H,22-28H2,1-3H3/t36-/m0/s1. The van der Waals surface area contributed by atoms with Gasteiger partial charge in [0.1, 0.15) is 11.8 Å². The van der Waals surface area contributed by atoms with Gasteiger partial charge in [0.15, 0.2) is 0 Å². The van der Waals surface area contributed by atoms with Crippen molar-refractivity contribution in [3.05, 3.63) is 149 Å². The summed E-state index contributed by atoms with van der Waals surface area (Å²) in [6.45, 7) is 3.11. The van der Waals surface area contributed by atoms with Crippen molar-refractivity contribution in [3.63, 3.8) is 0 Å². The normalized spacial score (nSPS) is 12.0. The Bertz CT molecular complexity index is 1520. The minimum absolute atomic E-state index is 0.220. The van der Waals surface area contributed by atoms with E-state index in [0.717, 1.165) is 39.5 Å². The van der Waals surface area contributed by atoms with E-state index < -0.39 is 6.04 Å². The van der Waals surface area contributed by atoms with Crippen LogP contribution in [0, 0.1) is 0 Å². The van der Waals surface area contributed by atoms with Gasteiger partial charge in [-0.3, -0.25) is 39.4 Å². The molecule has 1 atom stereocenters. The van der Waals surface area contributed by atoms with E-state index in [1.54, 1.807) is 24.8 Å². The fourth-order valence-corrected chi connectivity index (χ4v) is 5.73. The monoisotopic (exact) mass is 645 g/mol. The summed E-state index contributed by atoms with van der Waals surface area (Å²) in [4.78, 5) is 37.4. The second kappa shape index (κ2) is 17.2. The first-order valence-corrected chi connectivity index (χ1v) is 16.0. The van der Waals surface area contributed by atoms with E-state index in [2.05, 4.69) is 29.7 Å². The first-order valence-electron chi connectivity index (χ1n) is 16.0. The summed E-state index contributed by atoms with van der Waals surface area (Å²) in [5.74, 6) is -0.0904. The summed E-state index contributed by atoms with van der Waals surface area (Å²) in [6.07, 6.45) is 7.57. The topological polar surface area (TPSA) is 108 Å². The molecule has 1 aromatic carbocycles. The van der Waals surface area contributed by atoms with Gasteiger partial charge in [-0.15, -0.1) is 0 Å². The number of carbonyl (C=O) groups excluding carboxylic acids is 1. The molecule has 0 bridgehead atoms. The van der Waals surface area contributed by atoms with Crippen LogP contribution in [0.1, 0.15) is 39.5 Å². The van der Waals surface area contributed by atoms with Crippen LogP contribution >= 0.6 is 0 Å². The van der Waals surface area contributed by atoms with Crippen molar-refractivity contribution < 1.29 is 14.6 Å². The van der Waals surface area contributed by atoms with Crippen molar-refractivity contribution in [2.45, 2.75) is 51.7 Å². The van der Waals surface area contributed by atoms with Crippen LogP contribution in [0.3, 0.4) is 0 Å². The Kier molecular flexibility index (Phi) is 12.3. The lowest BCUT2D eigenvalue weighted by Gasteiger charge is -2.27. The molecule has 4 heterocycles. The number of phenolic OH excluding ortho intramolecular Hbond substituents is 1. The van der Waals surface area contributed by atoms with Crippen LogP contribution in [0.25, 0.3) is 0 Å². The Morgan fingerprint density at radius 1 is 0.646 bits per heavy atom. The van der Waals surface area contributed by atoms with Crippen LogP contribution in [0.15, 0.2) is 110 Å². The highest BCUT2D eigenvalue weighted by Crippen LogP contribution is 2.30. The average molecular weight is 646 g/mol. The van der Waals surface area contributed by atoms with Crippen LogP contribution < -0.4 is 0 Å². The minimum Gasteiger partial charge on any atom is -0.507 e. The van der Waals surface area contributed by atoms with Gasteiger partial charge in [-0.2, -0.15) is 0 Å². The molecular formula is C38H43N7O3. The summed E-state index contributed by atoms with van der Waals surface area (Å²) in [7, 11) is 5.15. The largest absolute Gasteiger partial charge is 0.507 e. The molecule has 0 saturated carbocycles. The fourth-order valence-electron chi connectivity index (χ4n) is 5.73. The van der Waals surface area contributed by atoms with Gasteiger partial charge in [-0.05, 0) is 74.6 Å². The molecule has 4 aromatic heterocycles. The molecule has 0 unspecified atom stereocenters. The molecule has 0 aliphatic carbocycles. The van der Waals surface area contributed by atoms with Gasteiger partial charge in [0.2, 0.25) is 0 Å². The molecule has 10 nitrogen and oxygen atoms in total. The van der Waals surface area contributed by atoms with Crippen LogP contribution in [-0.2, 0) is 55.2 Å². The third kappa shape index (κ3) is 9.98. The number of phenols is 1. The van der Waals surface area contributed by atoms with Gasteiger partial charge in [-0.25, -0.2) is 0 Å². The average Bonchev–Trinajstić information content (AvgIpc) is 3.10. The van der Waals surface area contributed by atoms with Crippen molar-refractivity contribution >= 4 is 5.97 Å². The molecule has 5 rings (SSSR count). The van der Waals surface area contributed by atoms with Gasteiger partial charge in [0, 0.05) is 75.2 Å². The highest BCUT2D eigenvalue weighted by atomic mass is 16.5. The number of likely N-dealkylation sites (N-methyl/N-ethyl adjacent to an activating group) is 1. The maximum absolute atomic E-state index is 12.8. The van der Waals surface area contributed by atoms with Crippen molar-refractivity contribution in [2.75, 3.05) is 21.2 Å².